The molecule has 0 saturated heterocycles. The number of hydrogen-bond donors (Lipinski definition) is 1. The molecule has 0 aliphatic heterocycles. The van der Waals surface area contributed by atoms with Gasteiger partial charge >= 0.3 is 6.18 Å². The minimum Gasteiger partial charge on any atom is -0.346 e. The number of alkyl halides is 3. The van der Waals surface area contributed by atoms with Gasteiger partial charge < -0.3 is 5.32 Å². The Kier molecular flexibility index (Phi) is 5.28. The zero-order chi connectivity index (χ0) is 16.3. The van der Waals surface area contributed by atoms with E-state index in [2.05, 4.69) is 0 Å². The summed E-state index contributed by atoms with van der Waals surface area (Å²) < 4.78 is 50.0. The molecule has 1 amide bonds. The summed E-state index contributed by atoms with van der Waals surface area (Å²) in [4.78, 5) is 13.3. The molecule has 0 aromatic heterocycles. The van der Waals surface area contributed by atoms with Crippen LogP contribution in [0.3, 0.4) is 0 Å². The Morgan fingerprint density at radius 3 is 2.59 bits per heavy atom. The predicted molar refractivity (Wildman–Crippen MR) is 73.9 cm³/mol. The smallest absolute Gasteiger partial charge is 0.346 e. The third kappa shape index (κ3) is 5.14. The van der Waals surface area contributed by atoms with Crippen LogP contribution in [-0.4, -0.2) is 36.1 Å². The Morgan fingerprint density at radius 1 is 1.36 bits per heavy atom. The number of amides is 1. The maximum Gasteiger partial charge on any atom is 0.405 e. The van der Waals surface area contributed by atoms with Crippen molar-refractivity contribution in [2.75, 3.05) is 13.1 Å². The molecule has 2 rings (SSSR count). The maximum atomic E-state index is 13.8. The van der Waals surface area contributed by atoms with Crippen molar-refractivity contribution in [1.82, 2.24) is 10.2 Å². The van der Waals surface area contributed by atoms with Gasteiger partial charge in [0.25, 0.3) is 0 Å². The van der Waals surface area contributed by atoms with Crippen molar-refractivity contribution >= 4 is 17.5 Å². The predicted octanol–water partition coefficient (Wildman–Crippen LogP) is 3.12. The van der Waals surface area contributed by atoms with Gasteiger partial charge in [-0.1, -0.05) is 17.7 Å². The van der Waals surface area contributed by atoms with Gasteiger partial charge in [0.05, 0.1) is 6.54 Å². The van der Waals surface area contributed by atoms with Gasteiger partial charge in [-0.05, 0) is 25.0 Å². The molecule has 1 aliphatic carbocycles. The van der Waals surface area contributed by atoms with Gasteiger partial charge in [0, 0.05) is 23.2 Å². The third-order valence-corrected chi connectivity index (χ3v) is 3.67. The van der Waals surface area contributed by atoms with Gasteiger partial charge in [0.2, 0.25) is 5.91 Å². The van der Waals surface area contributed by atoms with Crippen LogP contribution in [-0.2, 0) is 11.3 Å². The quantitative estimate of drug-likeness (QED) is 0.808. The molecule has 1 aliphatic rings. The fourth-order valence-electron chi connectivity index (χ4n) is 2.08. The normalized spacial score (nSPS) is 15.2. The highest BCUT2D eigenvalue weighted by Crippen LogP contribution is 2.30. The van der Waals surface area contributed by atoms with E-state index in [0.717, 1.165) is 12.8 Å². The lowest BCUT2D eigenvalue weighted by Gasteiger charge is -2.22. The number of rotatable bonds is 6. The topological polar surface area (TPSA) is 32.3 Å². The van der Waals surface area contributed by atoms with E-state index in [1.807, 2.05) is 5.32 Å². The Labute approximate surface area is 130 Å². The molecule has 1 saturated carbocycles. The fourth-order valence-corrected chi connectivity index (χ4v) is 2.30. The van der Waals surface area contributed by atoms with E-state index >= 15 is 0 Å². The summed E-state index contributed by atoms with van der Waals surface area (Å²) in [6, 6.07) is 4.34. The first-order valence-electron chi connectivity index (χ1n) is 6.76. The number of nitrogens with one attached hydrogen (secondary N) is 1. The van der Waals surface area contributed by atoms with Gasteiger partial charge in [-0.2, -0.15) is 13.2 Å². The summed E-state index contributed by atoms with van der Waals surface area (Å²) in [6.45, 7) is -1.49. The molecule has 3 nitrogen and oxygen atoms in total. The number of halogens is 5. The van der Waals surface area contributed by atoms with E-state index in [0.29, 0.717) is 0 Å². The van der Waals surface area contributed by atoms with Gasteiger partial charge in [-0.15, -0.1) is 0 Å². The van der Waals surface area contributed by atoms with Crippen LogP contribution in [0.2, 0.25) is 5.02 Å². The molecule has 22 heavy (non-hydrogen) atoms. The molecular weight excluding hydrogens is 324 g/mol. The van der Waals surface area contributed by atoms with Crippen molar-refractivity contribution in [3.63, 3.8) is 0 Å². The van der Waals surface area contributed by atoms with Crippen molar-refractivity contribution in [2.24, 2.45) is 0 Å². The van der Waals surface area contributed by atoms with E-state index in [4.69, 9.17) is 11.6 Å². The minimum atomic E-state index is -4.45. The first-order chi connectivity index (χ1) is 10.3. The van der Waals surface area contributed by atoms with E-state index in [-0.39, 0.29) is 29.7 Å². The minimum absolute atomic E-state index is 0.0762. The highest BCUT2D eigenvalue weighted by atomic mass is 35.5. The number of hydrogen-bond acceptors (Lipinski definition) is 2. The number of nitrogens with zero attached hydrogens (tertiary/aromatic N) is 1. The zero-order valence-electron chi connectivity index (χ0n) is 11.6. The molecule has 0 spiro atoms. The van der Waals surface area contributed by atoms with Crippen LogP contribution in [0.4, 0.5) is 17.6 Å². The zero-order valence-corrected chi connectivity index (χ0v) is 12.3. The molecule has 8 heteroatoms. The summed E-state index contributed by atoms with van der Waals surface area (Å²) in [5.41, 5.74) is 0.250. The average molecular weight is 339 g/mol. The first kappa shape index (κ1) is 17.0. The van der Waals surface area contributed by atoms with Crippen molar-refractivity contribution in [3.8, 4) is 0 Å². The van der Waals surface area contributed by atoms with Crippen LogP contribution in [0.15, 0.2) is 18.2 Å². The Bertz CT molecular complexity index is 526. The van der Waals surface area contributed by atoms with Crippen LogP contribution in [0.1, 0.15) is 18.4 Å². The summed E-state index contributed by atoms with van der Waals surface area (Å²) in [5, 5.41) is 2.06. The molecule has 122 valence electrons. The SMILES string of the molecule is O=C(CN(Cc1c(F)cccc1Cl)C1CC1)NCC(F)(F)F. The van der Waals surface area contributed by atoms with Crippen molar-refractivity contribution < 1.29 is 22.4 Å². The Morgan fingerprint density at radius 2 is 2.05 bits per heavy atom. The maximum absolute atomic E-state index is 13.8. The Balaban J connectivity index is 1.97. The van der Waals surface area contributed by atoms with Gasteiger partial charge in [-0.25, -0.2) is 4.39 Å². The number of carbonyl (C=O) groups is 1. The fraction of sp³-hybridized carbons (Fsp3) is 0.500. The summed E-state index contributed by atoms with van der Waals surface area (Å²) >= 11 is 5.94. The number of benzene rings is 1. The third-order valence-electron chi connectivity index (χ3n) is 3.32. The second-order valence-electron chi connectivity index (χ2n) is 5.23. The molecule has 0 unspecified atom stereocenters. The molecule has 0 bridgehead atoms. The van der Waals surface area contributed by atoms with Gasteiger partial charge in [-0.3, -0.25) is 9.69 Å². The van der Waals surface area contributed by atoms with Crippen molar-refractivity contribution in [2.45, 2.75) is 31.6 Å². The molecule has 1 N–H and O–H groups in total. The molecule has 1 aromatic carbocycles. The lowest BCUT2D eigenvalue weighted by Crippen LogP contribution is -2.41. The largest absolute Gasteiger partial charge is 0.405 e. The van der Waals surface area contributed by atoms with Crippen LogP contribution >= 0.6 is 11.6 Å². The number of carbonyl (C=O) groups excluding carboxylic acids is 1. The summed E-state index contributed by atoms with van der Waals surface area (Å²) in [6.07, 6.45) is -2.79. The van der Waals surface area contributed by atoms with Crippen LogP contribution < -0.4 is 5.32 Å². The molecule has 0 heterocycles. The molecule has 1 aromatic rings. The van der Waals surface area contributed by atoms with Gasteiger partial charge in [0.15, 0.2) is 0 Å². The van der Waals surface area contributed by atoms with Crippen LogP contribution in [0.5, 0.6) is 0 Å². The Hall–Kier alpha value is -1.34. The van der Waals surface area contributed by atoms with E-state index in [1.54, 1.807) is 4.90 Å². The van der Waals surface area contributed by atoms with Crippen molar-refractivity contribution in [3.05, 3.63) is 34.6 Å². The standard InChI is InChI=1S/C14H15ClF4N2O/c15-11-2-1-3-12(16)10(11)6-21(9-4-5-9)7-13(22)20-8-14(17,18)19/h1-3,9H,4-8H2,(H,20,22). The average Bonchev–Trinajstić information content (AvgIpc) is 3.23. The van der Waals surface area contributed by atoms with Gasteiger partial charge in [0.1, 0.15) is 12.4 Å². The van der Waals surface area contributed by atoms with E-state index < -0.39 is 24.4 Å². The highest BCUT2D eigenvalue weighted by Gasteiger charge is 2.32. The lowest BCUT2D eigenvalue weighted by atomic mass is 10.2. The van der Waals surface area contributed by atoms with E-state index in [9.17, 15) is 22.4 Å². The monoisotopic (exact) mass is 338 g/mol. The van der Waals surface area contributed by atoms with Crippen molar-refractivity contribution in [1.29, 1.82) is 0 Å². The highest BCUT2D eigenvalue weighted by molar-refractivity contribution is 6.31. The molecule has 0 radical (unpaired) electrons. The summed E-state index contributed by atoms with van der Waals surface area (Å²) in [7, 11) is 0. The second-order valence-corrected chi connectivity index (χ2v) is 5.64. The molecule has 1 fully saturated rings. The summed E-state index contributed by atoms with van der Waals surface area (Å²) in [5.74, 6) is -1.23. The van der Waals surface area contributed by atoms with Crippen LogP contribution in [0, 0.1) is 5.82 Å². The van der Waals surface area contributed by atoms with E-state index in [1.165, 1.54) is 18.2 Å². The second kappa shape index (κ2) is 6.83. The molecular formula is C14H15ClF4N2O. The molecule has 0 atom stereocenters. The lowest BCUT2D eigenvalue weighted by molar-refractivity contribution is -0.139. The first-order valence-corrected chi connectivity index (χ1v) is 7.14. The van der Waals surface area contributed by atoms with Crippen LogP contribution in [0.25, 0.3) is 0 Å².